The fourth-order valence-corrected chi connectivity index (χ4v) is 5.28. The lowest BCUT2D eigenvalue weighted by Crippen LogP contribution is -2.25. The van der Waals surface area contributed by atoms with E-state index in [-0.39, 0.29) is 5.41 Å². The summed E-state index contributed by atoms with van der Waals surface area (Å²) in [5.74, 6) is 0.943. The summed E-state index contributed by atoms with van der Waals surface area (Å²) in [5.41, 5.74) is 10.3. The lowest BCUT2D eigenvalue weighted by atomic mass is 9.70. The highest BCUT2D eigenvalue weighted by Gasteiger charge is 2.52. The lowest BCUT2D eigenvalue weighted by Gasteiger charge is -2.30. The highest BCUT2D eigenvalue weighted by atomic mass is 16.5. The van der Waals surface area contributed by atoms with Crippen LogP contribution in [0.15, 0.2) is 91.0 Å². The second-order valence-corrected chi connectivity index (χ2v) is 7.27. The first-order valence-corrected chi connectivity index (χ1v) is 9.34. The third kappa shape index (κ3) is 1.61. The molecule has 1 heteroatoms. The van der Waals surface area contributed by atoms with Crippen LogP contribution in [0.25, 0.3) is 22.3 Å². The Kier molecular flexibility index (Phi) is 2.80. The lowest BCUT2D eigenvalue weighted by molar-refractivity contribution is 0.416. The number of hydrogen-bond donors (Lipinski definition) is 0. The topological polar surface area (TPSA) is 9.23 Å². The molecule has 0 saturated carbocycles. The Morgan fingerprint density at radius 1 is 0.519 bits per heavy atom. The molecule has 0 saturated heterocycles. The third-order valence-corrected chi connectivity index (χ3v) is 6.20. The van der Waals surface area contributed by atoms with Crippen LogP contribution in [-0.2, 0) is 5.41 Å². The van der Waals surface area contributed by atoms with Crippen molar-refractivity contribution in [3.05, 3.63) is 113 Å². The molecule has 0 atom stereocenters. The van der Waals surface area contributed by atoms with Crippen molar-refractivity contribution >= 4 is 0 Å². The number of hydrogen-bond acceptors (Lipinski definition) is 1. The van der Waals surface area contributed by atoms with Crippen molar-refractivity contribution in [1.82, 2.24) is 0 Å². The molecule has 0 aliphatic heterocycles. The van der Waals surface area contributed by atoms with Crippen molar-refractivity contribution in [3.8, 4) is 28.0 Å². The van der Waals surface area contributed by atoms with Crippen molar-refractivity contribution < 1.29 is 4.74 Å². The minimum absolute atomic E-state index is 0.270. The Hall–Kier alpha value is -3.32. The van der Waals surface area contributed by atoms with Gasteiger partial charge in [-0.3, -0.25) is 0 Å². The van der Waals surface area contributed by atoms with Crippen LogP contribution in [0, 0.1) is 0 Å². The van der Waals surface area contributed by atoms with Crippen molar-refractivity contribution in [3.63, 3.8) is 0 Å². The molecule has 0 heterocycles. The van der Waals surface area contributed by atoms with Gasteiger partial charge in [0.05, 0.1) is 12.5 Å². The largest absolute Gasteiger partial charge is 0.496 e. The van der Waals surface area contributed by atoms with Crippen LogP contribution >= 0.6 is 0 Å². The average Bonchev–Trinajstić information content (AvgIpc) is 3.21. The molecule has 0 unspecified atom stereocenters. The van der Waals surface area contributed by atoms with Crippen molar-refractivity contribution in [2.75, 3.05) is 7.11 Å². The number of benzene rings is 4. The Balaban J connectivity index is 1.87. The zero-order valence-corrected chi connectivity index (χ0v) is 15.1. The summed E-state index contributed by atoms with van der Waals surface area (Å²) >= 11 is 0. The van der Waals surface area contributed by atoms with Gasteiger partial charge in [0.1, 0.15) is 5.75 Å². The van der Waals surface area contributed by atoms with Gasteiger partial charge in [0.15, 0.2) is 0 Å². The van der Waals surface area contributed by atoms with E-state index in [1.54, 1.807) is 7.11 Å². The number of methoxy groups -OCH3 is 1. The normalized spacial score (nSPS) is 14.4. The smallest absolute Gasteiger partial charge is 0.127 e. The van der Waals surface area contributed by atoms with E-state index in [1.165, 1.54) is 44.5 Å². The van der Waals surface area contributed by atoms with Crippen LogP contribution in [0.4, 0.5) is 0 Å². The molecule has 1 nitrogen and oxygen atoms in total. The Labute approximate surface area is 158 Å². The molecular formula is C26H18O. The molecule has 0 bridgehead atoms. The van der Waals surface area contributed by atoms with Crippen LogP contribution in [0.1, 0.15) is 22.3 Å². The van der Waals surface area contributed by atoms with Gasteiger partial charge in [0, 0.05) is 5.56 Å². The fourth-order valence-electron chi connectivity index (χ4n) is 5.28. The van der Waals surface area contributed by atoms with E-state index in [0.29, 0.717) is 0 Å². The summed E-state index contributed by atoms with van der Waals surface area (Å²) < 4.78 is 5.79. The summed E-state index contributed by atoms with van der Waals surface area (Å²) in [7, 11) is 1.76. The molecule has 128 valence electrons. The summed E-state index contributed by atoms with van der Waals surface area (Å²) in [4.78, 5) is 0. The van der Waals surface area contributed by atoms with Gasteiger partial charge in [0.2, 0.25) is 0 Å². The highest BCUT2D eigenvalue weighted by molar-refractivity contribution is 5.96. The Morgan fingerprint density at radius 2 is 1.00 bits per heavy atom. The maximum atomic E-state index is 5.79. The molecule has 0 amide bonds. The quantitative estimate of drug-likeness (QED) is 0.353. The second kappa shape index (κ2) is 5.11. The van der Waals surface area contributed by atoms with Crippen molar-refractivity contribution in [1.29, 1.82) is 0 Å². The monoisotopic (exact) mass is 346 g/mol. The zero-order chi connectivity index (χ0) is 18.0. The number of rotatable bonds is 1. The highest BCUT2D eigenvalue weighted by Crippen LogP contribution is 2.63. The molecule has 0 radical (unpaired) electrons. The van der Waals surface area contributed by atoms with E-state index in [0.717, 1.165) is 5.75 Å². The van der Waals surface area contributed by atoms with Gasteiger partial charge >= 0.3 is 0 Å². The van der Waals surface area contributed by atoms with Crippen molar-refractivity contribution in [2.45, 2.75) is 5.41 Å². The Bertz CT molecular complexity index is 1170. The zero-order valence-electron chi connectivity index (χ0n) is 15.1. The second-order valence-electron chi connectivity index (χ2n) is 7.27. The molecular weight excluding hydrogens is 328 g/mol. The van der Waals surface area contributed by atoms with E-state index in [2.05, 4.69) is 91.0 Å². The van der Waals surface area contributed by atoms with E-state index in [9.17, 15) is 0 Å². The SMILES string of the molecule is COc1cccc2c1-c1ccccc1C21c2ccccc2-c2ccccc21. The first kappa shape index (κ1) is 14.8. The van der Waals surface area contributed by atoms with Gasteiger partial charge < -0.3 is 4.74 Å². The van der Waals surface area contributed by atoms with Crippen LogP contribution < -0.4 is 4.74 Å². The summed E-state index contributed by atoms with van der Waals surface area (Å²) in [6, 6.07) is 33.0. The molecule has 0 aromatic heterocycles. The van der Waals surface area contributed by atoms with Crippen LogP contribution in [0.5, 0.6) is 5.75 Å². The van der Waals surface area contributed by atoms with Crippen LogP contribution in [-0.4, -0.2) is 7.11 Å². The fraction of sp³-hybridized carbons (Fsp3) is 0.0769. The van der Waals surface area contributed by atoms with E-state index < -0.39 is 0 Å². The Morgan fingerprint density at radius 3 is 1.59 bits per heavy atom. The predicted octanol–water partition coefficient (Wildman–Crippen LogP) is 6.04. The molecule has 0 N–H and O–H groups in total. The molecule has 2 aliphatic rings. The van der Waals surface area contributed by atoms with E-state index >= 15 is 0 Å². The van der Waals surface area contributed by atoms with Gasteiger partial charge in [-0.1, -0.05) is 84.9 Å². The van der Waals surface area contributed by atoms with Gasteiger partial charge in [-0.2, -0.15) is 0 Å². The van der Waals surface area contributed by atoms with E-state index in [1.807, 2.05) is 0 Å². The first-order chi connectivity index (χ1) is 13.4. The molecule has 27 heavy (non-hydrogen) atoms. The summed E-state index contributed by atoms with van der Waals surface area (Å²) in [6.07, 6.45) is 0. The minimum Gasteiger partial charge on any atom is -0.496 e. The molecule has 1 spiro atoms. The number of fused-ring (bicyclic) bond motifs is 10. The molecule has 4 aromatic carbocycles. The third-order valence-electron chi connectivity index (χ3n) is 6.20. The van der Waals surface area contributed by atoms with Crippen LogP contribution in [0.2, 0.25) is 0 Å². The first-order valence-electron chi connectivity index (χ1n) is 9.34. The van der Waals surface area contributed by atoms with E-state index in [4.69, 9.17) is 4.74 Å². The molecule has 2 aliphatic carbocycles. The summed E-state index contributed by atoms with van der Waals surface area (Å²) in [6.45, 7) is 0. The average molecular weight is 346 g/mol. The summed E-state index contributed by atoms with van der Waals surface area (Å²) in [5, 5.41) is 0. The molecule has 6 rings (SSSR count). The number of ether oxygens (including phenoxy) is 1. The maximum absolute atomic E-state index is 5.79. The molecule has 0 fully saturated rings. The van der Waals surface area contributed by atoms with Crippen molar-refractivity contribution in [2.24, 2.45) is 0 Å². The maximum Gasteiger partial charge on any atom is 0.127 e. The molecule has 4 aromatic rings. The van der Waals surface area contributed by atoms with Gasteiger partial charge in [-0.25, -0.2) is 0 Å². The minimum atomic E-state index is -0.270. The standard InChI is InChI=1S/C26H18O/c1-27-24-16-8-15-23-25(24)19-11-4-7-14-22(19)26(23)20-12-5-2-9-17(20)18-10-3-6-13-21(18)26/h2-16H,1H3. The van der Waals surface area contributed by atoms with Gasteiger partial charge in [-0.15, -0.1) is 0 Å². The van der Waals surface area contributed by atoms with Crippen LogP contribution in [0.3, 0.4) is 0 Å². The predicted molar refractivity (Wildman–Crippen MR) is 109 cm³/mol. The van der Waals surface area contributed by atoms with Gasteiger partial charge in [0.25, 0.3) is 0 Å². The van der Waals surface area contributed by atoms with Gasteiger partial charge in [-0.05, 0) is 45.0 Å².